The first kappa shape index (κ1) is 10.3. The summed E-state index contributed by atoms with van der Waals surface area (Å²) in [4.78, 5) is 0. The van der Waals surface area contributed by atoms with Crippen molar-refractivity contribution < 1.29 is 9.52 Å². The van der Waals surface area contributed by atoms with E-state index in [1.54, 1.807) is 26.1 Å². The number of hydrogen-bond donors (Lipinski definition) is 1. The molecule has 1 N–H and O–H groups in total. The molecule has 0 aliphatic rings. The maximum absolute atomic E-state index is 10.0. The van der Waals surface area contributed by atoms with Crippen LogP contribution in [0.25, 0.3) is 0 Å². The predicted octanol–water partition coefficient (Wildman–Crippen LogP) is 2.06. The van der Waals surface area contributed by atoms with Gasteiger partial charge < -0.3 is 9.52 Å². The van der Waals surface area contributed by atoms with Gasteiger partial charge in [0.15, 0.2) is 0 Å². The molecule has 0 radical (unpaired) electrons. The number of aromatic nitrogens is 2. The van der Waals surface area contributed by atoms with E-state index in [1.807, 2.05) is 0 Å². The van der Waals surface area contributed by atoms with Gasteiger partial charge in [0.1, 0.15) is 17.0 Å². The van der Waals surface area contributed by atoms with Crippen molar-refractivity contribution >= 4 is 11.6 Å². The van der Waals surface area contributed by atoms with Gasteiger partial charge in [0.25, 0.3) is 0 Å². The molecular weight excluding hydrogens is 216 g/mol. The monoisotopic (exact) mass is 226 g/mol. The summed E-state index contributed by atoms with van der Waals surface area (Å²) in [5, 5.41) is 14.6. The summed E-state index contributed by atoms with van der Waals surface area (Å²) >= 11 is 6.02. The molecule has 0 saturated heterocycles. The molecule has 2 heterocycles. The number of furan rings is 1. The minimum atomic E-state index is -0.860. The van der Waals surface area contributed by atoms with E-state index in [0.717, 1.165) is 0 Å². The van der Waals surface area contributed by atoms with Gasteiger partial charge in [-0.25, -0.2) is 0 Å². The Morgan fingerprint density at radius 2 is 2.33 bits per heavy atom. The number of aliphatic hydroxyl groups excluding tert-OH is 1. The third-order valence-electron chi connectivity index (χ3n) is 2.28. The van der Waals surface area contributed by atoms with E-state index in [4.69, 9.17) is 16.0 Å². The molecule has 1 atom stereocenters. The van der Waals surface area contributed by atoms with Crippen molar-refractivity contribution in [3.8, 4) is 0 Å². The molecule has 0 aromatic carbocycles. The summed E-state index contributed by atoms with van der Waals surface area (Å²) in [5.41, 5.74) is 1.29. The molecule has 0 aliphatic heterocycles. The van der Waals surface area contributed by atoms with Crippen molar-refractivity contribution in [3.05, 3.63) is 40.6 Å². The number of hydrogen-bond acceptors (Lipinski definition) is 3. The van der Waals surface area contributed by atoms with E-state index in [2.05, 4.69) is 5.10 Å². The van der Waals surface area contributed by atoms with Crippen LogP contribution in [0.15, 0.2) is 22.8 Å². The average Bonchev–Trinajstić information content (AvgIpc) is 2.76. The van der Waals surface area contributed by atoms with Gasteiger partial charge in [0, 0.05) is 12.6 Å². The molecule has 0 bridgehead atoms. The van der Waals surface area contributed by atoms with Crippen molar-refractivity contribution in [3.63, 3.8) is 0 Å². The van der Waals surface area contributed by atoms with Crippen LogP contribution in [0.4, 0.5) is 0 Å². The van der Waals surface area contributed by atoms with Crippen LogP contribution in [-0.4, -0.2) is 14.9 Å². The van der Waals surface area contributed by atoms with E-state index >= 15 is 0 Å². The molecule has 2 aromatic rings. The average molecular weight is 227 g/mol. The van der Waals surface area contributed by atoms with Crippen molar-refractivity contribution in [2.45, 2.75) is 13.0 Å². The van der Waals surface area contributed by atoms with E-state index in [-0.39, 0.29) is 0 Å². The molecule has 2 aromatic heterocycles. The highest BCUT2D eigenvalue weighted by molar-refractivity contribution is 6.30. The molecule has 1 unspecified atom stereocenters. The minimum absolute atomic E-state index is 0.427. The van der Waals surface area contributed by atoms with Crippen LogP contribution in [0.3, 0.4) is 0 Å². The number of nitrogens with zero attached hydrogens (tertiary/aromatic N) is 2. The topological polar surface area (TPSA) is 51.2 Å². The van der Waals surface area contributed by atoms with Crippen LogP contribution in [0.5, 0.6) is 0 Å². The predicted molar refractivity (Wildman–Crippen MR) is 55.7 cm³/mol. The standard InChI is InChI=1S/C10H11ClN2O2/c1-6-8(10(11)13(2)12-6)9(14)7-4-3-5-15-7/h3-5,9,14H,1-2H3. The molecule has 15 heavy (non-hydrogen) atoms. The Kier molecular flexibility index (Phi) is 2.54. The van der Waals surface area contributed by atoms with Gasteiger partial charge in [-0.3, -0.25) is 4.68 Å². The zero-order chi connectivity index (χ0) is 11.0. The van der Waals surface area contributed by atoms with Crippen LogP contribution >= 0.6 is 11.6 Å². The van der Waals surface area contributed by atoms with E-state index < -0.39 is 6.10 Å². The Balaban J connectivity index is 2.46. The zero-order valence-corrected chi connectivity index (χ0v) is 9.19. The third-order valence-corrected chi connectivity index (χ3v) is 2.73. The Hall–Kier alpha value is -1.26. The molecule has 0 amide bonds. The molecule has 0 aliphatic carbocycles. The van der Waals surface area contributed by atoms with Crippen LogP contribution in [0.1, 0.15) is 23.1 Å². The Morgan fingerprint density at radius 1 is 1.60 bits per heavy atom. The van der Waals surface area contributed by atoms with Gasteiger partial charge in [-0.2, -0.15) is 5.10 Å². The van der Waals surface area contributed by atoms with Crippen LogP contribution in [-0.2, 0) is 7.05 Å². The number of halogens is 1. The van der Waals surface area contributed by atoms with Crippen molar-refractivity contribution in [2.75, 3.05) is 0 Å². The van der Waals surface area contributed by atoms with Gasteiger partial charge in [0.05, 0.1) is 12.0 Å². The fourth-order valence-electron chi connectivity index (χ4n) is 1.55. The first-order valence-corrected chi connectivity index (χ1v) is 4.89. The molecule has 5 heteroatoms. The fourth-order valence-corrected chi connectivity index (χ4v) is 1.82. The Bertz CT molecular complexity index is 462. The van der Waals surface area contributed by atoms with Gasteiger partial charge >= 0.3 is 0 Å². The summed E-state index contributed by atoms with van der Waals surface area (Å²) in [6.07, 6.45) is 0.652. The lowest BCUT2D eigenvalue weighted by atomic mass is 10.1. The maximum atomic E-state index is 10.0. The SMILES string of the molecule is Cc1nn(C)c(Cl)c1C(O)c1ccco1. The lowest BCUT2D eigenvalue weighted by Crippen LogP contribution is -1.99. The van der Waals surface area contributed by atoms with E-state index in [0.29, 0.717) is 22.2 Å². The summed E-state index contributed by atoms with van der Waals surface area (Å²) in [5.74, 6) is 0.466. The largest absolute Gasteiger partial charge is 0.466 e. The second-order valence-corrected chi connectivity index (χ2v) is 3.69. The first-order chi connectivity index (χ1) is 7.11. The normalized spacial score (nSPS) is 13.1. The lowest BCUT2D eigenvalue weighted by molar-refractivity contribution is 0.188. The second-order valence-electron chi connectivity index (χ2n) is 3.33. The maximum Gasteiger partial charge on any atom is 0.141 e. The summed E-state index contributed by atoms with van der Waals surface area (Å²) in [7, 11) is 1.73. The Labute approximate surface area is 92.1 Å². The zero-order valence-electron chi connectivity index (χ0n) is 8.44. The fraction of sp³-hybridized carbons (Fsp3) is 0.300. The van der Waals surface area contributed by atoms with Crippen molar-refractivity contribution in [1.29, 1.82) is 0 Å². The van der Waals surface area contributed by atoms with Crippen LogP contribution in [0, 0.1) is 6.92 Å². The lowest BCUT2D eigenvalue weighted by Gasteiger charge is -2.06. The highest BCUT2D eigenvalue weighted by Gasteiger charge is 2.22. The highest BCUT2D eigenvalue weighted by atomic mass is 35.5. The minimum Gasteiger partial charge on any atom is -0.466 e. The smallest absolute Gasteiger partial charge is 0.141 e. The van der Waals surface area contributed by atoms with Gasteiger partial charge in [-0.1, -0.05) is 11.6 Å². The third kappa shape index (κ3) is 1.66. The number of rotatable bonds is 2. The summed E-state index contributed by atoms with van der Waals surface area (Å²) < 4.78 is 6.65. The molecule has 0 spiro atoms. The summed E-state index contributed by atoms with van der Waals surface area (Å²) in [6, 6.07) is 3.42. The van der Waals surface area contributed by atoms with E-state index in [1.165, 1.54) is 10.9 Å². The van der Waals surface area contributed by atoms with Crippen molar-refractivity contribution in [2.24, 2.45) is 7.05 Å². The Morgan fingerprint density at radius 3 is 2.80 bits per heavy atom. The highest BCUT2D eigenvalue weighted by Crippen LogP contribution is 2.30. The molecule has 0 fully saturated rings. The van der Waals surface area contributed by atoms with Crippen molar-refractivity contribution in [1.82, 2.24) is 9.78 Å². The first-order valence-electron chi connectivity index (χ1n) is 4.51. The van der Waals surface area contributed by atoms with E-state index in [9.17, 15) is 5.11 Å². The second kappa shape index (κ2) is 3.72. The number of aryl methyl sites for hydroxylation is 2. The van der Waals surface area contributed by atoms with Crippen LogP contribution in [0.2, 0.25) is 5.15 Å². The molecule has 2 rings (SSSR count). The van der Waals surface area contributed by atoms with Gasteiger partial charge in [-0.05, 0) is 19.1 Å². The molecule has 4 nitrogen and oxygen atoms in total. The van der Waals surface area contributed by atoms with Gasteiger partial charge in [0.2, 0.25) is 0 Å². The van der Waals surface area contributed by atoms with Crippen LogP contribution < -0.4 is 0 Å². The summed E-state index contributed by atoms with van der Waals surface area (Å²) in [6.45, 7) is 1.80. The molecule has 80 valence electrons. The molecule has 0 saturated carbocycles. The molecular formula is C10H11ClN2O2. The quantitative estimate of drug-likeness (QED) is 0.853. The number of aliphatic hydroxyl groups is 1. The van der Waals surface area contributed by atoms with Gasteiger partial charge in [-0.15, -0.1) is 0 Å².